The van der Waals surface area contributed by atoms with E-state index in [0.717, 1.165) is 27.7 Å². The number of carbonyl (C=O) groups excluding carboxylic acids is 1. The van der Waals surface area contributed by atoms with Gasteiger partial charge in [-0.1, -0.05) is 18.2 Å². The van der Waals surface area contributed by atoms with Gasteiger partial charge in [0.1, 0.15) is 11.2 Å². The van der Waals surface area contributed by atoms with Crippen LogP contribution >= 0.6 is 0 Å². The van der Waals surface area contributed by atoms with Gasteiger partial charge in [-0.2, -0.15) is 0 Å². The molecule has 1 amide bonds. The van der Waals surface area contributed by atoms with Gasteiger partial charge in [-0.3, -0.25) is 0 Å². The molecule has 2 aromatic heterocycles. The molecule has 0 fully saturated rings. The van der Waals surface area contributed by atoms with Gasteiger partial charge in [0.2, 0.25) is 10.0 Å². The number of aromatic nitrogens is 2. The summed E-state index contributed by atoms with van der Waals surface area (Å²) in [6.45, 7) is 6.60. The Bertz CT molecular complexity index is 1320. The van der Waals surface area contributed by atoms with Gasteiger partial charge in [-0.05, 0) is 56.5 Å². The number of sulfonamides is 1. The number of pyridine rings is 1. The summed E-state index contributed by atoms with van der Waals surface area (Å²) in [5.74, 6) is 0. The lowest BCUT2D eigenvalue weighted by atomic mass is 9.98. The molecule has 0 atom stereocenters. The maximum atomic E-state index is 12.3. The number of nitrogens with two attached hydrogens (primary N) is 1. The SMILES string of the molecule is CC(C)(C)OC(=O)N1CC=C(c2c[nH]c3ncc(-c4cccc(S(N)(=O)=O)c4)cc23)CC1. The normalized spacial score (nSPS) is 15.0. The van der Waals surface area contributed by atoms with Gasteiger partial charge in [0.25, 0.3) is 0 Å². The van der Waals surface area contributed by atoms with Gasteiger partial charge in [-0.15, -0.1) is 0 Å². The fourth-order valence-corrected chi connectivity index (χ4v) is 4.25. The number of primary sulfonamides is 1. The van der Waals surface area contributed by atoms with E-state index in [-0.39, 0.29) is 11.0 Å². The molecule has 0 aliphatic carbocycles. The van der Waals surface area contributed by atoms with Crippen molar-refractivity contribution < 1.29 is 17.9 Å². The Kier molecular flexibility index (Phi) is 5.56. The first-order valence-corrected chi connectivity index (χ1v) is 11.8. The number of carbonyl (C=O) groups is 1. The highest BCUT2D eigenvalue weighted by Crippen LogP contribution is 2.32. The van der Waals surface area contributed by atoms with Crippen molar-refractivity contribution in [3.63, 3.8) is 0 Å². The van der Waals surface area contributed by atoms with E-state index in [1.165, 1.54) is 6.07 Å². The van der Waals surface area contributed by atoms with Crippen LogP contribution in [0.5, 0.6) is 0 Å². The quantitative estimate of drug-likeness (QED) is 0.622. The van der Waals surface area contributed by atoms with Crippen molar-refractivity contribution in [2.24, 2.45) is 5.14 Å². The van der Waals surface area contributed by atoms with Crippen LogP contribution in [0.1, 0.15) is 32.8 Å². The molecule has 1 aliphatic heterocycles. The van der Waals surface area contributed by atoms with E-state index in [9.17, 15) is 13.2 Å². The average Bonchev–Trinajstić information content (AvgIpc) is 3.15. The minimum absolute atomic E-state index is 0.0570. The van der Waals surface area contributed by atoms with Crippen LogP contribution in [-0.2, 0) is 14.8 Å². The number of benzene rings is 1. The van der Waals surface area contributed by atoms with Crippen molar-refractivity contribution >= 4 is 32.7 Å². The number of fused-ring (bicyclic) bond motifs is 1. The smallest absolute Gasteiger partial charge is 0.410 e. The van der Waals surface area contributed by atoms with E-state index >= 15 is 0 Å². The summed E-state index contributed by atoms with van der Waals surface area (Å²) in [7, 11) is -3.79. The van der Waals surface area contributed by atoms with Gasteiger partial charge in [0, 0.05) is 42.0 Å². The molecule has 8 nitrogen and oxygen atoms in total. The van der Waals surface area contributed by atoms with Crippen molar-refractivity contribution in [1.29, 1.82) is 0 Å². The summed E-state index contributed by atoms with van der Waals surface area (Å²) in [6.07, 6.45) is 6.02. The summed E-state index contributed by atoms with van der Waals surface area (Å²) >= 11 is 0. The molecule has 3 N–H and O–H groups in total. The first kappa shape index (κ1) is 22.0. The van der Waals surface area contributed by atoms with Crippen molar-refractivity contribution in [2.45, 2.75) is 37.7 Å². The third-order valence-corrected chi connectivity index (χ3v) is 6.14. The third-order valence-electron chi connectivity index (χ3n) is 5.23. The predicted molar refractivity (Wildman–Crippen MR) is 123 cm³/mol. The van der Waals surface area contributed by atoms with Crippen LogP contribution in [0.4, 0.5) is 4.79 Å². The Morgan fingerprint density at radius 1 is 1.22 bits per heavy atom. The molecule has 0 unspecified atom stereocenters. The number of aromatic amines is 1. The van der Waals surface area contributed by atoms with Crippen LogP contribution < -0.4 is 5.14 Å². The molecule has 4 rings (SSSR count). The molecule has 0 radical (unpaired) electrons. The second-order valence-corrected chi connectivity index (χ2v) is 10.4. The molecule has 3 aromatic rings. The number of nitrogens with zero attached hydrogens (tertiary/aromatic N) is 2. The topological polar surface area (TPSA) is 118 Å². The Morgan fingerprint density at radius 3 is 2.66 bits per heavy atom. The number of H-pyrrole nitrogens is 1. The van der Waals surface area contributed by atoms with Crippen LogP contribution in [0.3, 0.4) is 0 Å². The number of rotatable bonds is 3. The fourth-order valence-electron chi connectivity index (χ4n) is 3.69. The number of amides is 1. The highest BCUT2D eigenvalue weighted by Gasteiger charge is 2.24. The minimum atomic E-state index is -3.79. The van der Waals surface area contributed by atoms with Gasteiger partial charge < -0.3 is 14.6 Å². The summed E-state index contributed by atoms with van der Waals surface area (Å²) in [5.41, 5.74) is 3.85. The monoisotopic (exact) mass is 454 g/mol. The molecule has 1 aliphatic rings. The lowest BCUT2D eigenvalue weighted by Gasteiger charge is -2.29. The third kappa shape index (κ3) is 4.68. The molecule has 0 saturated heterocycles. The van der Waals surface area contributed by atoms with Crippen LogP contribution in [0.25, 0.3) is 27.7 Å². The zero-order chi connectivity index (χ0) is 23.1. The summed E-state index contributed by atoms with van der Waals surface area (Å²) in [4.78, 5) is 21.8. The van der Waals surface area contributed by atoms with Crippen molar-refractivity contribution in [3.8, 4) is 11.1 Å². The van der Waals surface area contributed by atoms with E-state index < -0.39 is 15.6 Å². The van der Waals surface area contributed by atoms with Crippen molar-refractivity contribution in [2.75, 3.05) is 13.1 Å². The Labute approximate surface area is 187 Å². The van der Waals surface area contributed by atoms with E-state index in [2.05, 4.69) is 9.97 Å². The Morgan fingerprint density at radius 2 is 2.00 bits per heavy atom. The number of hydrogen-bond donors (Lipinski definition) is 2. The zero-order valence-electron chi connectivity index (χ0n) is 18.3. The van der Waals surface area contributed by atoms with Gasteiger partial charge in [-0.25, -0.2) is 23.3 Å². The highest BCUT2D eigenvalue weighted by atomic mass is 32.2. The van der Waals surface area contributed by atoms with E-state index in [1.807, 2.05) is 45.2 Å². The van der Waals surface area contributed by atoms with Crippen LogP contribution in [0, 0.1) is 0 Å². The Hall–Kier alpha value is -3.17. The molecule has 1 aromatic carbocycles. The maximum Gasteiger partial charge on any atom is 0.410 e. The second kappa shape index (κ2) is 8.07. The molecule has 9 heteroatoms. The summed E-state index contributed by atoms with van der Waals surface area (Å²) in [6, 6.07) is 8.48. The minimum Gasteiger partial charge on any atom is -0.444 e. The van der Waals surface area contributed by atoms with Crippen LogP contribution in [-0.4, -0.2) is 48.1 Å². The molecule has 32 heavy (non-hydrogen) atoms. The maximum absolute atomic E-state index is 12.3. The van der Waals surface area contributed by atoms with Crippen molar-refractivity contribution in [3.05, 3.63) is 54.4 Å². The lowest BCUT2D eigenvalue weighted by Crippen LogP contribution is -2.39. The van der Waals surface area contributed by atoms with Crippen LogP contribution in [0.15, 0.2) is 53.7 Å². The number of nitrogens with one attached hydrogen (secondary N) is 1. The molecular weight excluding hydrogens is 428 g/mol. The van der Waals surface area contributed by atoms with E-state index in [4.69, 9.17) is 9.88 Å². The second-order valence-electron chi connectivity index (χ2n) is 8.80. The zero-order valence-corrected chi connectivity index (χ0v) is 19.1. The first-order valence-electron chi connectivity index (χ1n) is 10.3. The van der Waals surface area contributed by atoms with Gasteiger partial charge >= 0.3 is 6.09 Å². The van der Waals surface area contributed by atoms with E-state index in [1.54, 1.807) is 23.2 Å². The molecular formula is C23H26N4O4S. The molecule has 168 valence electrons. The Balaban J connectivity index is 1.63. The lowest BCUT2D eigenvalue weighted by molar-refractivity contribution is 0.0270. The summed E-state index contributed by atoms with van der Waals surface area (Å²) < 4.78 is 28.9. The highest BCUT2D eigenvalue weighted by molar-refractivity contribution is 7.89. The first-order chi connectivity index (χ1) is 15.0. The standard InChI is InChI=1S/C23H26N4O4S/c1-23(2,3)31-22(28)27-9-7-15(8-10-27)20-14-26-21-19(20)12-17(13-25-21)16-5-4-6-18(11-16)32(24,29)30/h4-7,11-14H,8-10H2,1-3H3,(H,25,26)(H2,24,29,30). The molecule has 3 heterocycles. The molecule has 0 spiro atoms. The van der Waals surface area contributed by atoms with Crippen LogP contribution in [0.2, 0.25) is 0 Å². The van der Waals surface area contributed by atoms with E-state index in [0.29, 0.717) is 25.1 Å². The van der Waals surface area contributed by atoms with Gasteiger partial charge in [0.05, 0.1) is 4.90 Å². The van der Waals surface area contributed by atoms with Crippen molar-refractivity contribution in [1.82, 2.24) is 14.9 Å². The predicted octanol–water partition coefficient (Wildman–Crippen LogP) is 3.90. The number of hydrogen-bond acceptors (Lipinski definition) is 5. The molecule has 0 bridgehead atoms. The largest absolute Gasteiger partial charge is 0.444 e. The molecule has 0 saturated carbocycles. The van der Waals surface area contributed by atoms with Gasteiger partial charge in [0.15, 0.2) is 0 Å². The summed E-state index contributed by atoms with van der Waals surface area (Å²) in [5, 5.41) is 6.20. The fraction of sp³-hybridized carbons (Fsp3) is 0.304. The average molecular weight is 455 g/mol. The number of ether oxygens (including phenoxy) is 1.